The molecule has 0 aliphatic carbocycles. The average molecular weight is 436 g/mol. The molecule has 1 aliphatic heterocycles. The standard InChI is InChI=1S/C22H17FN4O3S/c23-15-3-1-14(2-4-15)17-12-18-22(24-7-8-27(18)26-17)31-13-21(28)25-16-5-6-19-20(11-16)30-10-9-29-19/h1-8,11-12H,9-10,13H2,(H,25,28). The number of nitrogens with one attached hydrogen (secondary N) is 1. The molecule has 0 saturated heterocycles. The summed E-state index contributed by atoms with van der Waals surface area (Å²) in [4.78, 5) is 16.8. The highest BCUT2D eigenvalue weighted by molar-refractivity contribution is 8.00. The molecule has 156 valence electrons. The molecule has 0 bridgehead atoms. The van der Waals surface area contributed by atoms with Gasteiger partial charge >= 0.3 is 0 Å². The van der Waals surface area contributed by atoms with Crippen LogP contribution in [0.3, 0.4) is 0 Å². The summed E-state index contributed by atoms with van der Waals surface area (Å²) >= 11 is 1.32. The number of aromatic nitrogens is 3. The molecule has 0 fully saturated rings. The van der Waals surface area contributed by atoms with Crippen LogP contribution in [-0.2, 0) is 4.79 Å². The number of hydrogen-bond donors (Lipinski definition) is 1. The van der Waals surface area contributed by atoms with Gasteiger partial charge in [0.1, 0.15) is 24.1 Å². The molecule has 7 nitrogen and oxygen atoms in total. The van der Waals surface area contributed by atoms with E-state index < -0.39 is 0 Å². The Kier molecular flexibility index (Phi) is 5.17. The van der Waals surface area contributed by atoms with Crippen molar-refractivity contribution in [3.8, 4) is 22.8 Å². The van der Waals surface area contributed by atoms with Crippen LogP contribution >= 0.6 is 11.8 Å². The number of nitrogens with zero attached hydrogens (tertiary/aromatic N) is 3. The lowest BCUT2D eigenvalue weighted by atomic mass is 10.1. The zero-order valence-corrected chi connectivity index (χ0v) is 17.1. The molecule has 4 aromatic rings. The highest BCUT2D eigenvalue weighted by Gasteiger charge is 2.14. The Labute approximate surface area is 181 Å². The Balaban J connectivity index is 1.29. The molecule has 0 radical (unpaired) electrons. The fourth-order valence-corrected chi connectivity index (χ4v) is 4.00. The highest BCUT2D eigenvalue weighted by Crippen LogP contribution is 2.33. The van der Waals surface area contributed by atoms with Crippen LogP contribution in [0.4, 0.5) is 10.1 Å². The summed E-state index contributed by atoms with van der Waals surface area (Å²) in [6, 6.07) is 13.3. The third kappa shape index (κ3) is 4.17. The molecule has 1 amide bonds. The maximum Gasteiger partial charge on any atom is 0.234 e. The predicted octanol–water partition coefficient (Wildman–Crippen LogP) is 4.04. The van der Waals surface area contributed by atoms with E-state index in [4.69, 9.17) is 9.47 Å². The van der Waals surface area contributed by atoms with E-state index in [0.717, 1.165) is 11.1 Å². The zero-order valence-electron chi connectivity index (χ0n) is 16.2. The summed E-state index contributed by atoms with van der Waals surface area (Å²) in [5, 5.41) is 8.07. The van der Waals surface area contributed by atoms with Crippen LogP contribution in [0.25, 0.3) is 16.8 Å². The summed E-state index contributed by atoms with van der Waals surface area (Å²) in [5.41, 5.74) is 2.93. The quantitative estimate of drug-likeness (QED) is 0.476. The van der Waals surface area contributed by atoms with Gasteiger partial charge in [-0.3, -0.25) is 4.79 Å². The first-order valence-corrected chi connectivity index (χ1v) is 10.6. The van der Waals surface area contributed by atoms with E-state index in [1.165, 1.54) is 23.9 Å². The van der Waals surface area contributed by atoms with Gasteiger partial charge in [0.15, 0.2) is 11.5 Å². The van der Waals surface area contributed by atoms with Crippen LogP contribution in [0, 0.1) is 5.82 Å². The molecular weight excluding hydrogens is 419 g/mol. The molecular formula is C22H17FN4O3S. The number of halogens is 1. The van der Waals surface area contributed by atoms with Gasteiger partial charge < -0.3 is 14.8 Å². The molecule has 1 aliphatic rings. The van der Waals surface area contributed by atoms with Crippen molar-refractivity contribution in [3.63, 3.8) is 0 Å². The van der Waals surface area contributed by atoms with Crippen molar-refractivity contribution in [3.05, 3.63) is 66.7 Å². The maximum atomic E-state index is 13.2. The minimum Gasteiger partial charge on any atom is -0.486 e. The number of hydrogen-bond acceptors (Lipinski definition) is 6. The minimum absolute atomic E-state index is 0.163. The van der Waals surface area contributed by atoms with Crippen LogP contribution in [-0.4, -0.2) is 39.5 Å². The van der Waals surface area contributed by atoms with E-state index in [1.54, 1.807) is 47.2 Å². The number of anilines is 1. The summed E-state index contributed by atoms with van der Waals surface area (Å²) in [5.74, 6) is 1.01. The second-order valence-electron chi connectivity index (χ2n) is 6.79. The molecule has 0 unspecified atom stereocenters. The highest BCUT2D eigenvalue weighted by atomic mass is 32.2. The van der Waals surface area contributed by atoms with Crippen LogP contribution in [0.2, 0.25) is 0 Å². The monoisotopic (exact) mass is 436 g/mol. The molecule has 0 saturated carbocycles. The average Bonchev–Trinajstić information content (AvgIpc) is 3.23. The third-order valence-electron chi connectivity index (χ3n) is 4.66. The second kappa shape index (κ2) is 8.27. The van der Waals surface area contributed by atoms with Gasteiger partial charge in [0.25, 0.3) is 0 Å². The topological polar surface area (TPSA) is 77.8 Å². The van der Waals surface area contributed by atoms with Crippen molar-refractivity contribution in [2.24, 2.45) is 0 Å². The maximum absolute atomic E-state index is 13.2. The molecule has 2 aromatic carbocycles. The Bertz CT molecular complexity index is 1260. The molecule has 0 atom stereocenters. The normalized spacial score (nSPS) is 12.7. The summed E-state index contributed by atoms with van der Waals surface area (Å²) in [6.07, 6.45) is 3.37. The van der Waals surface area contributed by atoms with Crippen LogP contribution in [0.5, 0.6) is 11.5 Å². The first-order chi connectivity index (χ1) is 15.2. The molecule has 31 heavy (non-hydrogen) atoms. The van der Waals surface area contributed by atoms with E-state index in [9.17, 15) is 9.18 Å². The first kappa shape index (κ1) is 19.4. The SMILES string of the molecule is O=C(CSc1nccn2nc(-c3ccc(F)cc3)cc12)Nc1ccc2c(c1)OCCO2. The van der Waals surface area contributed by atoms with E-state index >= 15 is 0 Å². The van der Waals surface area contributed by atoms with Crippen molar-refractivity contribution in [2.75, 3.05) is 24.3 Å². The van der Waals surface area contributed by atoms with Gasteiger partial charge in [0.05, 0.1) is 17.0 Å². The van der Waals surface area contributed by atoms with Gasteiger partial charge in [0, 0.05) is 29.7 Å². The van der Waals surface area contributed by atoms with Gasteiger partial charge in [-0.1, -0.05) is 11.8 Å². The summed E-state index contributed by atoms with van der Waals surface area (Å²) in [7, 11) is 0. The van der Waals surface area contributed by atoms with E-state index in [1.807, 2.05) is 6.07 Å². The second-order valence-corrected chi connectivity index (χ2v) is 7.76. The van der Waals surface area contributed by atoms with Crippen molar-refractivity contribution >= 4 is 28.9 Å². The number of carbonyl (C=O) groups excluding carboxylic acids is 1. The lowest BCUT2D eigenvalue weighted by molar-refractivity contribution is -0.113. The van der Waals surface area contributed by atoms with Gasteiger partial charge in [-0.2, -0.15) is 5.10 Å². The Hall–Kier alpha value is -3.59. The number of rotatable bonds is 5. The molecule has 1 N–H and O–H groups in total. The molecule has 9 heteroatoms. The Morgan fingerprint density at radius 3 is 2.74 bits per heavy atom. The van der Waals surface area contributed by atoms with Gasteiger partial charge in [-0.05, 0) is 42.5 Å². The number of ether oxygens (including phenoxy) is 2. The van der Waals surface area contributed by atoms with Crippen LogP contribution < -0.4 is 14.8 Å². The fraction of sp³-hybridized carbons (Fsp3) is 0.136. The Morgan fingerprint density at radius 1 is 1.10 bits per heavy atom. The molecule has 5 rings (SSSR count). The molecule has 2 aromatic heterocycles. The lowest BCUT2D eigenvalue weighted by Crippen LogP contribution is -2.17. The number of fused-ring (bicyclic) bond motifs is 2. The molecule has 0 spiro atoms. The zero-order chi connectivity index (χ0) is 21.2. The van der Waals surface area contributed by atoms with Crippen molar-refractivity contribution in [2.45, 2.75) is 5.03 Å². The van der Waals surface area contributed by atoms with E-state index in [0.29, 0.717) is 41.1 Å². The first-order valence-electron chi connectivity index (χ1n) is 9.58. The molecule has 3 heterocycles. The van der Waals surface area contributed by atoms with E-state index in [-0.39, 0.29) is 17.5 Å². The van der Waals surface area contributed by atoms with Crippen molar-refractivity contribution < 1.29 is 18.7 Å². The fourth-order valence-electron chi connectivity index (χ4n) is 3.22. The number of thioether (sulfide) groups is 1. The third-order valence-corrected chi connectivity index (χ3v) is 5.65. The van der Waals surface area contributed by atoms with Gasteiger partial charge in [-0.15, -0.1) is 0 Å². The smallest absolute Gasteiger partial charge is 0.234 e. The van der Waals surface area contributed by atoms with Crippen LogP contribution in [0.1, 0.15) is 0 Å². The largest absolute Gasteiger partial charge is 0.486 e. The van der Waals surface area contributed by atoms with Gasteiger partial charge in [-0.25, -0.2) is 13.9 Å². The number of benzene rings is 2. The van der Waals surface area contributed by atoms with Gasteiger partial charge in [0.2, 0.25) is 5.91 Å². The van der Waals surface area contributed by atoms with Crippen molar-refractivity contribution in [1.82, 2.24) is 14.6 Å². The predicted molar refractivity (Wildman–Crippen MR) is 115 cm³/mol. The summed E-state index contributed by atoms with van der Waals surface area (Å²) in [6.45, 7) is 1.01. The van der Waals surface area contributed by atoms with E-state index in [2.05, 4.69) is 15.4 Å². The van der Waals surface area contributed by atoms with Crippen molar-refractivity contribution in [1.29, 1.82) is 0 Å². The Morgan fingerprint density at radius 2 is 1.90 bits per heavy atom. The van der Waals surface area contributed by atoms with Crippen LogP contribution in [0.15, 0.2) is 66.0 Å². The minimum atomic E-state index is -0.297. The lowest BCUT2D eigenvalue weighted by Gasteiger charge is -2.19. The number of amides is 1. The summed E-state index contributed by atoms with van der Waals surface area (Å²) < 4.78 is 25.9. The number of carbonyl (C=O) groups is 1.